The number of hydrogen-bond donors (Lipinski definition) is 2. The number of nitrogens with one attached hydrogen (secondary N) is 2. The molecule has 0 radical (unpaired) electrons. The molecule has 168 valence electrons. The highest BCUT2D eigenvalue weighted by Gasteiger charge is 2.31. The molecule has 0 bridgehead atoms. The summed E-state index contributed by atoms with van der Waals surface area (Å²) in [5.74, 6) is -2.03. The molecule has 0 saturated carbocycles. The number of carbonyl (C=O) groups is 4. The van der Waals surface area contributed by atoms with Crippen molar-refractivity contribution < 1.29 is 33.4 Å². The lowest BCUT2D eigenvalue weighted by Gasteiger charge is -2.26. The molecule has 0 spiro atoms. The lowest BCUT2D eigenvalue weighted by Crippen LogP contribution is -2.50. The molecule has 29 heavy (non-hydrogen) atoms. The highest BCUT2D eigenvalue weighted by atomic mass is 16.6. The van der Waals surface area contributed by atoms with E-state index in [-0.39, 0.29) is 0 Å². The topological polar surface area (TPSA) is 120 Å². The van der Waals surface area contributed by atoms with Gasteiger partial charge >= 0.3 is 18.0 Å². The van der Waals surface area contributed by atoms with E-state index in [1.165, 1.54) is 6.92 Å². The lowest BCUT2D eigenvalue weighted by molar-refractivity contribution is -0.159. The Morgan fingerprint density at radius 3 is 1.52 bits per heavy atom. The van der Waals surface area contributed by atoms with Gasteiger partial charge in [-0.05, 0) is 69.2 Å². The molecule has 0 aliphatic carbocycles. The summed E-state index contributed by atoms with van der Waals surface area (Å²) in [5, 5.41) is 4.81. The Hall–Kier alpha value is -2.32. The molecule has 0 aromatic carbocycles. The van der Waals surface area contributed by atoms with Crippen LogP contribution in [0.2, 0.25) is 0 Å². The van der Waals surface area contributed by atoms with E-state index in [9.17, 15) is 19.2 Å². The van der Waals surface area contributed by atoms with Crippen molar-refractivity contribution in [1.82, 2.24) is 10.6 Å². The minimum absolute atomic E-state index is 0.429. The summed E-state index contributed by atoms with van der Waals surface area (Å²) in [6.45, 7) is 16.6. The summed E-state index contributed by atoms with van der Waals surface area (Å²) in [7, 11) is 0. The average molecular weight is 417 g/mol. The summed E-state index contributed by atoms with van der Waals surface area (Å²) in [5.41, 5.74) is -2.30. The van der Waals surface area contributed by atoms with Gasteiger partial charge in [0.15, 0.2) is 0 Å². The maximum absolute atomic E-state index is 12.4. The highest BCUT2D eigenvalue weighted by molar-refractivity contribution is 5.90. The van der Waals surface area contributed by atoms with Gasteiger partial charge in [-0.3, -0.25) is 4.79 Å². The highest BCUT2D eigenvalue weighted by Crippen LogP contribution is 2.12. The maximum Gasteiger partial charge on any atom is 0.408 e. The van der Waals surface area contributed by atoms with E-state index in [4.69, 9.17) is 14.2 Å². The van der Waals surface area contributed by atoms with Gasteiger partial charge in [-0.1, -0.05) is 0 Å². The predicted octanol–water partition coefficient (Wildman–Crippen LogP) is 2.46. The number of esters is 2. The molecule has 9 heteroatoms. The quantitative estimate of drug-likeness (QED) is 0.504. The van der Waals surface area contributed by atoms with Crippen LogP contribution in [0.3, 0.4) is 0 Å². The van der Waals surface area contributed by atoms with E-state index in [2.05, 4.69) is 10.6 Å². The van der Waals surface area contributed by atoms with Crippen molar-refractivity contribution in [2.24, 2.45) is 0 Å². The SMILES string of the molecule is C[C@H](NC(=O)C[C@H](NC(=O)OC(C)(C)C)C(=O)OC(C)(C)C)C(=O)OC(C)(C)C. The first-order chi connectivity index (χ1) is 12.8. The minimum Gasteiger partial charge on any atom is -0.458 e. The molecule has 0 saturated heterocycles. The summed E-state index contributed by atoms with van der Waals surface area (Å²) in [4.78, 5) is 48.9. The van der Waals surface area contributed by atoms with E-state index in [1.807, 2.05) is 0 Å². The van der Waals surface area contributed by atoms with Gasteiger partial charge in [-0.15, -0.1) is 0 Å². The fourth-order valence-electron chi connectivity index (χ4n) is 1.95. The molecule has 2 N–H and O–H groups in total. The van der Waals surface area contributed by atoms with E-state index < -0.39 is 59.2 Å². The fourth-order valence-corrected chi connectivity index (χ4v) is 1.95. The van der Waals surface area contributed by atoms with Crippen molar-refractivity contribution in [3.05, 3.63) is 0 Å². The largest absolute Gasteiger partial charge is 0.458 e. The number of amides is 2. The zero-order valence-corrected chi connectivity index (χ0v) is 19.2. The monoisotopic (exact) mass is 416 g/mol. The molecular formula is C20H36N2O7. The predicted molar refractivity (Wildman–Crippen MR) is 107 cm³/mol. The first-order valence-corrected chi connectivity index (χ1v) is 9.54. The normalized spacial score (nSPS) is 14.3. The Morgan fingerprint density at radius 1 is 0.690 bits per heavy atom. The van der Waals surface area contributed by atoms with Gasteiger partial charge in [0.1, 0.15) is 28.9 Å². The Bertz CT molecular complexity index is 610. The Kier molecular flexibility index (Phi) is 9.14. The van der Waals surface area contributed by atoms with Crippen LogP contribution >= 0.6 is 0 Å². The number of hydrogen-bond acceptors (Lipinski definition) is 7. The van der Waals surface area contributed by atoms with Gasteiger partial charge in [-0.2, -0.15) is 0 Å². The van der Waals surface area contributed by atoms with Crippen LogP contribution in [0.15, 0.2) is 0 Å². The first kappa shape index (κ1) is 26.7. The average Bonchev–Trinajstić information content (AvgIpc) is 2.40. The van der Waals surface area contributed by atoms with Crippen LogP contribution in [0.1, 0.15) is 75.7 Å². The second-order valence-electron chi connectivity index (χ2n) is 9.76. The molecule has 2 amide bonds. The first-order valence-electron chi connectivity index (χ1n) is 9.54. The van der Waals surface area contributed by atoms with Crippen LogP contribution in [0.5, 0.6) is 0 Å². The summed E-state index contributed by atoms with van der Waals surface area (Å²) in [6, 6.07) is -2.21. The number of carbonyl (C=O) groups excluding carboxylic acids is 4. The smallest absolute Gasteiger partial charge is 0.408 e. The number of rotatable bonds is 6. The van der Waals surface area contributed by atoms with Crippen LogP contribution in [-0.4, -0.2) is 52.8 Å². The molecule has 0 aliphatic heterocycles. The second kappa shape index (κ2) is 9.93. The Balaban J connectivity index is 5.14. The molecule has 0 rings (SSSR count). The van der Waals surface area contributed by atoms with Crippen molar-refractivity contribution in [2.45, 2.75) is 105 Å². The number of alkyl carbamates (subject to hydrolysis) is 1. The second-order valence-corrected chi connectivity index (χ2v) is 9.76. The zero-order chi connectivity index (χ0) is 23.2. The van der Waals surface area contributed by atoms with Crippen LogP contribution in [-0.2, 0) is 28.6 Å². The molecule has 0 unspecified atom stereocenters. The fraction of sp³-hybridized carbons (Fsp3) is 0.800. The minimum atomic E-state index is -1.28. The van der Waals surface area contributed by atoms with Gasteiger partial charge in [0.25, 0.3) is 0 Å². The zero-order valence-electron chi connectivity index (χ0n) is 19.2. The third kappa shape index (κ3) is 13.5. The maximum atomic E-state index is 12.4. The van der Waals surface area contributed by atoms with Crippen LogP contribution in [0.4, 0.5) is 4.79 Å². The van der Waals surface area contributed by atoms with Crippen LogP contribution < -0.4 is 10.6 Å². The molecule has 2 atom stereocenters. The molecule has 0 heterocycles. The van der Waals surface area contributed by atoms with Gasteiger partial charge in [0.2, 0.25) is 5.91 Å². The molecule has 0 aromatic heterocycles. The summed E-state index contributed by atoms with van der Waals surface area (Å²) in [6.07, 6.45) is -1.29. The van der Waals surface area contributed by atoms with Crippen molar-refractivity contribution in [3.8, 4) is 0 Å². The van der Waals surface area contributed by atoms with Gasteiger partial charge in [-0.25, -0.2) is 14.4 Å². The van der Waals surface area contributed by atoms with E-state index in [0.29, 0.717) is 0 Å². The lowest BCUT2D eigenvalue weighted by atomic mass is 10.1. The number of ether oxygens (including phenoxy) is 3. The molecule has 9 nitrogen and oxygen atoms in total. The third-order valence-corrected chi connectivity index (χ3v) is 2.91. The molecule has 0 aromatic rings. The Morgan fingerprint density at radius 2 is 1.10 bits per heavy atom. The van der Waals surface area contributed by atoms with Crippen molar-refractivity contribution in [3.63, 3.8) is 0 Å². The van der Waals surface area contributed by atoms with E-state index in [0.717, 1.165) is 0 Å². The van der Waals surface area contributed by atoms with Crippen molar-refractivity contribution in [1.29, 1.82) is 0 Å². The van der Waals surface area contributed by atoms with Gasteiger partial charge in [0, 0.05) is 0 Å². The third-order valence-electron chi connectivity index (χ3n) is 2.91. The molecule has 0 fully saturated rings. The summed E-state index contributed by atoms with van der Waals surface area (Å²) < 4.78 is 15.6. The van der Waals surface area contributed by atoms with Crippen molar-refractivity contribution in [2.75, 3.05) is 0 Å². The molecular weight excluding hydrogens is 380 g/mol. The van der Waals surface area contributed by atoms with Gasteiger partial charge < -0.3 is 24.8 Å². The van der Waals surface area contributed by atoms with E-state index in [1.54, 1.807) is 62.3 Å². The molecule has 0 aliphatic rings. The van der Waals surface area contributed by atoms with Crippen molar-refractivity contribution >= 4 is 23.9 Å². The van der Waals surface area contributed by atoms with Crippen LogP contribution in [0, 0.1) is 0 Å². The van der Waals surface area contributed by atoms with E-state index >= 15 is 0 Å². The van der Waals surface area contributed by atoms with Crippen LogP contribution in [0.25, 0.3) is 0 Å². The standard InChI is InChI=1S/C20H36N2O7/c1-12(15(24)27-18(2,3)4)21-14(23)11-13(16(25)28-19(5,6)7)22-17(26)29-20(8,9)10/h12-13H,11H2,1-10H3,(H,21,23)(H,22,26)/t12-,13-/m0/s1. The summed E-state index contributed by atoms with van der Waals surface area (Å²) >= 11 is 0. The van der Waals surface area contributed by atoms with Gasteiger partial charge in [0.05, 0.1) is 6.42 Å². The Labute approximate surface area is 173 Å².